The van der Waals surface area contributed by atoms with E-state index in [-0.39, 0.29) is 5.57 Å². The van der Waals surface area contributed by atoms with Crippen molar-refractivity contribution in [3.05, 3.63) is 106 Å². The zero-order valence-corrected chi connectivity index (χ0v) is 20.8. The Hall–Kier alpha value is -4.27. The molecule has 0 fully saturated rings. The number of amides is 1. The van der Waals surface area contributed by atoms with Gasteiger partial charge in [0.05, 0.1) is 6.61 Å². The molecule has 0 atom stereocenters. The van der Waals surface area contributed by atoms with Crippen LogP contribution in [0.3, 0.4) is 0 Å². The fourth-order valence-electron chi connectivity index (χ4n) is 3.68. The second-order valence-electron chi connectivity index (χ2n) is 8.20. The highest BCUT2D eigenvalue weighted by atomic mass is 35.5. The van der Waals surface area contributed by atoms with Crippen molar-refractivity contribution in [1.29, 1.82) is 5.26 Å². The SMILES string of the molecule is CCOc1cc(/C=C(/C#N)C(=O)Nc2ccc(C)c(Cl)c2)ccc1OCc1ccc2ccccc2c1. The van der Waals surface area contributed by atoms with Crippen LogP contribution < -0.4 is 14.8 Å². The number of nitriles is 1. The van der Waals surface area contributed by atoms with Gasteiger partial charge in [0.15, 0.2) is 11.5 Å². The van der Waals surface area contributed by atoms with Gasteiger partial charge in [0.1, 0.15) is 18.2 Å². The average molecular weight is 497 g/mol. The summed E-state index contributed by atoms with van der Waals surface area (Å²) in [6.45, 7) is 4.58. The van der Waals surface area contributed by atoms with Crippen LogP contribution in [0.2, 0.25) is 5.02 Å². The molecule has 1 amide bonds. The van der Waals surface area contributed by atoms with Crippen LogP contribution in [0.25, 0.3) is 16.8 Å². The zero-order chi connectivity index (χ0) is 25.5. The van der Waals surface area contributed by atoms with Crippen LogP contribution >= 0.6 is 11.6 Å². The number of anilines is 1. The number of carbonyl (C=O) groups excluding carboxylic acids is 1. The first-order chi connectivity index (χ1) is 17.5. The lowest BCUT2D eigenvalue weighted by molar-refractivity contribution is -0.112. The minimum absolute atomic E-state index is 0.0426. The Morgan fingerprint density at radius 1 is 0.972 bits per heavy atom. The van der Waals surface area contributed by atoms with Crippen molar-refractivity contribution in [2.45, 2.75) is 20.5 Å². The van der Waals surface area contributed by atoms with Gasteiger partial charge in [0, 0.05) is 10.7 Å². The van der Waals surface area contributed by atoms with Crippen molar-refractivity contribution < 1.29 is 14.3 Å². The predicted molar refractivity (Wildman–Crippen MR) is 144 cm³/mol. The molecule has 180 valence electrons. The van der Waals surface area contributed by atoms with E-state index in [0.717, 1.165) is 16.5 Å². The minimum atomic E-state index is -0.521. The van der Waals surface area contributed by atoms with Gasteiger partial charge in [0.2, 0.25) is 0 Å². The molecule has 0 radical (unpaired) electrons. The molecule has 0 aliphatic carbocycles. The topological polar surface area (TPSA) is 71.3 Å². The molecule has 0 unspecified atom stereocenters. The Balaban J connectivity index is 1.51. The van der Waals surface area contributed by atoms with Gasteiger partial charge in [-0.15, -0.1) is 0 Å². The highest BCUT2D eigenvalue weighted by molar-refractivity contribution is 6.31. The molecule has 4 aromatic carbocycles. The number of hydrogen-bond acceptors (Lipinski definition) is 4. The van der Waals surface area contributed by atoms with E-state index >= 15 is 0 Å². The Kier molecular flexibility index (Phi) is 7.89. The molecular weight excluding hydrogens is 472 g/mol. The van der Waals surface area contributed by atoms with Crippen molar-refractivity contribution in [1.82, 2.24) is 0 Å². The number of fused-ring (bicyclic) bond motifs is 1. The molecule has 0 aliphatic rings. The highest BCUT2D eigenvalue weighted by Crippen LogP contribution is 2.31. The van der Waals surface area contributed by atoms with Gasteiger partial charge in [-0.25, -0.2) is 0 Å². The molecule has 1 N–H and O–H groups in total. The molecule has 0 saturated carbocycles. The van der Waals surface area contributed by atoms with Crippen LogP contribution in [0.1, 0.15) is 23.6 Å². The second-order valence-corrected chi connectivity index (χ2v) is 8.60. The summed E-state index contributed by atoms with van der Waals surface area (Å²) in [6.07, 6.45) is 1.51. The summed E-state index contributed by atoms with van der Waals surface area (Å²) in [6, 6.07) is 26.9. The monoisotopic (exact) mass is 496 g/mol. The molecule has 4 rings (SSSR count). The van der Waals surface area contributed by atoms with Crippen molar-refractivity contribution in [2.75, 3.05) is 11.9 Å². The molecule has 0 saturated heterocycles. The van der Waals surface area contributed by atoms with Crippen molar-refractivity contribution in [3.63, 3.8) is 0 Å². The number of rotatable bonds is 8. The maximum Gasteiger partial charge on any atom is 0.266 e. The number of halogens is 1. The molecule has 0 heterocycles. The van der Waals surface area contributed by atoms with Crippen LogP contribution in [0.15, 0.2) is 84.4 Å². The van der Waals surface area contributed by atoms with Crippen LogP contribution in [0.4, 0.5) is 5.69 Å². The van der Waals surface area contributed by atoms with Crippen molar-refractivity contribution in [3.8, 4) is 17.6 Å². The third-order valence-corrected chi connectivity index (χ3v) is 5.99. The maximum atomic E-state index is 12.7. The normalized spacial score (nSPS) is 11.1. The van der Waals surface area contributed by atoms with E-state index in [2.05, 4.69) is 29.6 Å². The fraction of sp³-hybridized carbons (Fsp3) is 0.133. The first-order valence-electron chi connectivity index (χ1n) is 11.5. The number of nitrogens with zero attached hydrogens (tertiary/aromatic N) is 1. The molecule has 0 bridgehead atoms. The largest absolute Gasteiger partial charge is 0.490 e. The standard InChI is InChI=1S/C30H25ClN2O3/c1-3-35-29-16-21(14-25(18-32)30(34)33-26-12-8-20(2)27(31)17-26)10-13-28(29)36-19-22-9-11-23-6-4-5-7-24(23)15-22/h4-17H,3,19H2,1-2H3,(H,33,34)/b25-14-. The lowest BCUT2D eigenvalue weighted by atomic mass is 10.1. The number of carbonyl (C=O) groups is 1. The van der Waals surface area contributed by atoms with Crippen molar-refractivity contribution in [2.24, 2.45) is 0 Å². The number of nitrogens with one attached hydrogen (secondary N) is 1. The van der Waals surface area contributed by atoms with Crippen LogP contribution in [-0.4, -0.2) is 12.5 Å². The first kappa shape index (κ1) is 24.8. The van der Waals surface area contributed by atoms with E-state index in [4.69, 9.17) is 21.1 Å². The smallest absolute Gasteiger partial charge is 0.266 e. The van der Waals surface area contributed by atoms with E-state index in [9.17, 15) is 10.1 Å². The Bertz CT molecular complexity index is 1490. The van der Waals surface area contributed by atoms with Gasteiger partial charge in [-0.1, -0.05) is 60.1 Å². The molecule has 0 aromatic heterocycles. The van der Waals surface area contributed by atoms with Crippen molar-refractivity contribution >= 4 is 40.0 Å². The summed E-state index contributed by atoms with van der Waals surface area (Å²) in [5.41, 5.74) is 3.06. The minimum Gasteiger partial charge on any atom is -0.490 e. The zero-order valence-electron chi connectivity index (χ0n) is 20.0. The quantitative estimate of drug-likeness (QED) is 0.205. The third kappa shape index (κ3) is 6.04. The van der Waals surface area contributed by atoms with Gasteiger partial charge in [-0.05, 0) is 77.7 Å². The number of hydrogen-bond donors (Lipinski definition) is 1. The lowest BCUT2D eigenvalue weighted by Crippen LogP contribution is -2.13. The summed E-state index contributed by atoms with van der Waals surface area (Å²) in [4.78, 5) is 12.7. The summed E-state index contributed by atoms with van der Waals surface area (Å²) in [5.74, 6) is 0.599. The van der Waals surface area contributed by atoms with E-state index in [1.807, 2.05) is 38.1 Å². The molecule has 0 spiro atoms. The fourth-order valence-corrected chi connectivity index (χ4v) is 3.86. The molecular formula is C30H25ClN2O3. The summed E-state index contributed by atoms with van der Waals surface area (Å²) in [7, 11) is 0. The molecule has 4 aromatic rings. The van der Waals surface area contributed by atoms with Crippen LogP contribution in [-0.2, 0) is 11.4 Å². The maximum absolute atomic E-state index is 12.7. The van der Waals surface area contributed by atoms with Crippen LogP contribution in [0.5, 0.6) is 11.5 Å². The number of ether oxygens (including phenoxy) is 2. The molecule has 5 nitrogen and oxygen atoms in total. The highest BCUT2D eigenvalue weighted by Gasteiger charge is 2.12. The van der Waals surface area contributed by atoms with Gasteiger partial charge in [0.25, 0.3) is 5.91 Å². The first-order valence-corrected chi connectivity index (χ1v) is 11.9. The third-order valence-electron chi connectivity index (χ3n) is 5.58. The second kappa shape index (κ2) is 11.4. The molecule has 36 heavy (non-hydrogen) atoms. The predicted octanol–water partition coefficient (Wildman–Crippen LogP) is 7.33. The van der Waals surface area contributed by atoms with E-state index < -0.39 is 5.91 Å². The van der Waals surface area contributed by atoms with Gasteiger partial charge in [-0.2, -0.15) is 5.26 Å². The Morgan fingerprint density at radius 2 is 1.78 bits per heavy atom. The summed E-state index contributed by atoms with van der Waals surface area (Å²) in [5, 5.41) is 15.2. The lowest BCUT2D eigenvalue weighted by Gasteiger charge is -2.13. The Labute approximate surface area is 215 Å². The number of aryl methyl sites for hydroxylation is 1. The van der Waals surface area contributed by atoms with E-state index in [1.165, 1.54) is 11.5 Å². The summed E-state index contributed by atoms with van der Waals surface area (Å²) < 4.78 is 11.8. The van der Waals surface area contributed by atoms with E-state index in [0.29, 0.717) is 41.0 Å². The molecule has 6 heteroatoms. The van der Waals surface area contributed by atoms with Gasteiger partial charge in [-0.3, -0.25) is 4.79 Å². The van der Waals surface area contributed by atoms with Gasteiger partial charge < -0.3 is 14.8 Å². The van der Waals surface area contributed by atoms with Crippen LogP contribution in [0, 0.1) is 18.3 Å². The molecule has 0 aliphatic heterocycles. The Morgan fingerprint density at radius 3 is 2.53 bits per heavy atom. The van der Waals surface area contributed by atoms with Gasteiger partial charge >= 0.3 is 0 Å². The summed E-state index contributed by atoms with van der Waals surface area (Å²) >= 11 is 6.14. The van der Waals surface area contributed by atoms with E-state index in [1.54, 1.807) is 36.4 Å². The number of benzene rings is 4. The average Bonchev–Trinajstić information content (AvgIpc) is 2.89.